The standard InChI is InChI=1S/C21H26BrN5OSi/c1-29(2,3)11-10-28-15-27-14-18(20-21(27)25-13-19(22)26-20)16-6-4-7-17(12-16)24-9-5-8-23/h4,6-7,12-14,24H,5,9-11,15H2,1-3H3. The van der Waals surface area contributed by atoms with Crippen LogP contribution in [0.5, 0.6) is 0 Å². The molecule has 1 N–H and O–H groups in total. The van der Waals surface area contributed by atoms with Crippen LogP contribution < -0.4 is 5.32 Å². The number of hydrogen-bond acceptors (Lipinski definition) is 5. The van der Waals surface area contributed by atoms with Crippen molar-refractivity contribution in [1.29, 1.82) is 5.26 Å². The molecule has 2 aromatic heterocycles. The highest BCUT2D eigenvalue weighted by Gasteiger charge is 2.15. The highest BCUT2D eigenvalue weighted by Crippen LogP contribution is 2.31. The Hall–Kier alpha value is -2.21. The van der Waals surface area contributed by atoms with Gasteiger partial charge in [-0.1, -0.05) is 31.8 Å². The van der Waals surface area contributed by atoms with E-state index in [-0.39, 0.29) is 0 Å². The smallest absolute Gasteiger partial charge is 0.161 e. The predicted octanol–water partition coefficient (Wildman–Crippen LogP) is 5.50. The monoisotopic (exact) mass is 471 g/mol. The molecule has 0 atom stereocenters. The average molecular weight is 472 g/mol. The maximum absolute atomic E-state index is 8.74. The summed E-state index contributed by atoms with van der Waals surface area (Å²) in [6.07, 6.45) is 4.24. The zero-order chi connectivity index (χ0) is 20.9. The fourth-order valence-corrected chi connectivity index (χ4v) is 3.98. The summed E-state index contributed by atoms with van der Waals surface area (Å²) in [5.74, 6) is 0. The van der Waals surface area contributed by atoms with Crippen molar-refractivity contribution in [2.45, 2.75) is 38.8 Å². The van der Waals surface area contributed by atoms with Gasteiger partial charge in [0, 0.05) is 38.7 Å². The molecule has 152 valence electrons. The van der Waals surface area contributed by atoms with Gasteiger partial charge in [-0.3, -0.25) is 0 Å². The number of hydrogen-bond donors (Lipinski definition) is 1. The zero-order valence-electron chi connectivity index (χ0n) is 17.1. The average Bonchev–Trinajstić information content (AvgIpc) is 3.03. The lowest BCUT2D eigenvalue weighted by atomic mass is 10.1. The molecule has 0 aliphatic rings. The van der Waals surface area contributed by atoms with Crippen LogP contribution >= 0.6 is 15.9 Å². The van der Waals surface area contributed by atoms with E-state index in [4.69, 9.17) is 10.00 Å². The molecule has 0 amide bonds. The third kappa shape index (κ3) is 5.89. The highest BCUT2D eigenvalue weighted by molar-refractivity contribution is 9.10. The molecule has 0 aliphatic carbocycles. The highest BCUT2D eigenvalue weighted by atomic mass is 79.9. The lowest BCUT2D eigenvalue weighted by Crippen LogP contribution is -2.22. The molecule has 29 heavy (non-hydrogen) atoms. The van der Waals surface area contributed by atoms with Crippen LogP contribution in [0, 0.1) is 11.3 Å². The number of halogens is 1. The first-order valence-corrected chi connectivity index (χ1v) is 14.2. The number of nitriles is 1. The first-order chi connectivity index (χ1) is 13.9. The van der Waals surface area contributed by atoms with Crippen LogP contribution in [0.25, 0.3) is 22.3 Å². The van der Waals surface area contributed by atoms with Crippen molar-refractivity contribution in [3.63, 3.8) is 0 Å². The van der Waals surface area contributed by atoms with Crippen LogP contribution in [-0.4, -0.2) is 35.8 Å². The minimum absolute atomic E-state index is 0.456. The summed E-state index contributed by atoms with van der Waals surface area (Å²) in [4.78, 5) is 9.23. The van der Waals surface area contributed by atoms with Gasteiger partial charge in [-0.05, 0) is 39.7 Å². The van der Waals surface area contributed by atoms with Crippen LogP contribution in [0.3, 0.4) is 0 Å². The van der Waals surface area contributed by atoms with Crippen molar-refractivity contribution in [3.05, 3.63) is 41.3 Å². The summed E-state index contributed by atoms with van der Waals surface area (Å²) in [5, 5.41) is 12.0. The van der Waals surface area contributed by atoms with Gasteiger partial charge in [-0.2, -0.15) is 5.26 Å². The molecule has 0 spiro atoms. The molecular formula is C21H26BrN5OSi. The minimum atomic E-state index is -1.12. The lowest BCUT2D eigenvalue weighted by molar-refractivity contribution is 0.0899. The Morgan fingerprint density at radius 2 is 2.14 bits per heavy atom. The van der Waals surface area contributed by atoms with Gasteiger partial charge in [0.1, 0.15) is 16.9 Å². The summed E-state index contributed by atoms with van der Waals surface area (Å²) in [6.45, 7) is 8.88. The van der Waals surface area contributed by atoms with Crippen LogP contribution in [0.1, 0.15) is 6.42 Å². The van der Waals surface area contributed by atoms with Crippen LogP contribution in [0.2, 0.25) is 25.7 Å². The Bertz CT molecular complexity index is 1020. The molecule has 0 fully saturated rings. The lowest BCUT2D eigenvalue weighted by Gasteiger charge is -2.15. The van der Waals surface area contributed by atoms with Crippen molar-refractivity contribution in [1.82, 2.24) is 14.5 Å². The van der Waals surface area contributed by atoms with Gasteiger partial charge in [0.15, 0.2) is 5.65 Å². The Balaban J connectivity index is 1.87. The van der Waals surface area contributed by atoms with E-state index in [0.29, 0.717) is 24.3 Å². The maximum Gasteiger partial charge on any atom is 0.161 e. The summed E-state index contributed by atoms with van der Waals surface area (Å²) in [5.41, 5.74) is 4.67. The van der Waals surface area contributed by atoms with Crippen LogP contribution in [-0.2, 0) is 11.5 Å². The fourth-order valence-electron chi connectivity index (χ4n) is 2.94. The minimum Gasteiger partial charge on any atom is -0.384 e. The maximum atomic E-state index is 8.74. The quantitative estimate of drug-likeness (QED) is 0.329. The van der Waals surface area contributed by atoms with Gasteiger partial charge >= 0.3 is 0 Å². The molecule has 1 aromatic carbocycles. The number of fused-ring (bicyclic) bond motifs is 1. The van der Waals surface area contributed by atoms with Gasteiger partial charge in [0.25, 0.3) is 0 Å². The predicted molar refractivity (Wildman–Crippen MR) is 123 cm³/mol. The number of nitrogens with zero attached hydrogens (tertiary/aromatic N) is 4. The van der Waals surface area contributed by atoms with Gasteiger partial charge < -0.3 is 14.6 Å². The fraction of sp³-hybridized carbons (Fsp3) is 0.381. The second kappa shape index (κ2) is 9.52. The first-order valence-electron chi connectivity index (χ1n) is 9.68. The Morgan fingerprint density at radius 3 is 2.90 bits per heavy atom. The summed E-state index contributed by atoms with van der Waals surface area (Å²) < 4.78 is 8.67. The van der Waals surface area contributed by atoms with Gasteiger partial charge in [-0.15, -0.1) is 0 Å². The van der Waals surface area contributed by atoms with Crippen LogP contribution in [0.15, 0.2) is 41.3 Å². The summed E-state index contributed by atoms with van der Waals surface area (Å²) >= 11 is 3.44. The molecule has 3 aromatic rings. The van der Waals surface area contributed by atoms with E-state index in [0.717, 1.165) is 40.6 Å². The molecule has 0 radical (unpaired) electrons. The van der Waals surface area contributed by atoms with Crippen molar-refractivity contribution < 1.29 is 4.74 Å². The molecular weight excluding hydrogens is 446 g/mol. The van der Waals surface area contributed by atoms with Crippen molar-refractivity contribution in [2.24, 2.45) is 0 Å². The molecule has 0 saturated carbocycles. The summed E-state index contributed by atoms with van der Waals surface area (Å²) in [7, 11) is -1.12. The second-order valence-electron chi connectivity index (χ2n) is 8.14. The van der Waals surface area contributed by atoms with E-state index in [9.17, 15) is 0 Å². The van der Waals surface area contributed by atoms with Crippen LogP contribution in [0.4, 0.5) is 5.69 Å². The number of anilines is 1. The zero-order valence-corrected chi connectivity index (χ0v) is 19.7. The Morgan fingerprint density at radius 1 is 1.31 bits per heavy atom. The molecule has 0 saturated heterocycles. The van der Waals surface area contributed by atoms with E-state index in [1.807, 2.05) is 16.7 Å². The van der Waals surface area contributed by atoms with Crippen molar-refractivity contribution in [2.75, 3.05) is 18.5 Å². The number of benzene rings is 1. The molecule has 3 rings (SSSR count). The van der Waals surface area contributed by atoms with Gasteiger partial charge in [0.2, 0.25) is 0 Å². The first kappa shape index (κ1) is 21.5. The van der Waals surface area contributed by atoms with Gasteiger partial charge in [0.05, 0.1) is 18.7 Å². The Labute approximate surface area is 181 Å². The number of aromatic nitrogens is 3. The largest absolute Gasteiger partial charge is 0.384 e. The molecule has 0 bridgehead atoms. The third-order valence-electron chi connectivity index (χ3n) is 4.50. The molecule has 2 heterocycles. The third-order valence-corrected chi connectivity index (χ3v) is 6.59. The number of nitrogens with one attached hydrogen (secondary N) is 1. The molecule has 0 unspecified atom stereocenters. The van der Waals surface area contributed by atoms with E-state index in [2.05, 4.69) is 75.3 Å². The SMILES string of the molecule is C[Si](C)(C)CCOCn1cc(-c2cccc(NCCC#N)c2)c2nc(Br)cnc21. The van der Waals surface area contributed by atoms with Gasteiger partial charge in [-0.25, -0.2) is 9.97 Å². The second-order valence-corrected chi connectivity index (χ2v) is 14.6. The molecule has 6 nitrogen and oxygen atoms in total. The van der Waals surface area contributed by atoms with E-state index >= 15 is 0 Å². The van der Waals surface area contributed by atoms with Crippen molar-refractivity contribution >= 4 is 40.9 Å². The van der Waals surface area contributed by atoms with Crippen molar-refractivity contribution in [3.8, 4) is 17.2 Å². The summed E-state index contributed by atoms with van der Waals surface area (Å²) in [6, 6.07) is 11.4. The normalized spacial score (nSPS) is 11.6. The van der Waals surface area contributed by atoms with E-state index in [1.165, 1.54) is 0 Å². The van der Waals surface area contributed by atoms with E-state index in [1.54, 1.807) is 6.20 Å². The van der Waals surface area contributed by atoms with E-state index < -0.39 is 8.07 Å². The Kier molecular flexibility index (Phi) is 7.06. The number of ether oxygens (including phenoxy) is 1. The molecule has 0 aliphatic heterocycles. The topological polar surface area (TPSA) is 75.8 Å². The number of rotatable bonds is 9. The molecule has 8 heteroatoms.